The van der Waals surface area contributed by atoms with E-state index >= 15 is 0 Å². The van der Waals surface area contributed by atoms with Crippen molar-refractivity contribution in [3.63, 3.8) is 0 Å². The number of urea groups is 1. The quantitative estimate of drug-likeness (QED) is 0.395. The van der Waals surface area contributed by atoms with Gasteiger partial charge in [-0.25, -0.2) is 14.8 Å². The molecule has 0 aromatic heterocycles. The predicted octanol–water partition coefficient (Wildman–Crippen LogP) is 0.253. The Morgan fingerprint density at radius 3 is 2.86 bits per heavy atom. The van der Waals surface area contributed by atoms with Gasteiger partial charge in [0.25, 0.3) is 30.0 Å². The Bertz CT molecular complexity index is 942. The molecule has 10 nitrogen and oxygen atoms in total. The highest BCUT2D eigenvalue weighted by Gasteiger charge is 2.50. The lowest BCUT2D eigenvalue weighted by Crippen LogP contribution is -2.61. The van der Waals surface area contributed by atoms with Crippen molar-refractivity contribution in [2.45, 2.75) is 6.04 Å². The molecule has 1 fully saturated rings. The molecule has 0 bridgehead atoms. The van der Waals surface area contributed by atoms with Crippen LogP contribution in [0.5, 0.6) is 5.75 Å². The lowest BCUT2D eigenvalue weighted by atomic mass is 10.1. The third-order valence-electron chi connectivity index (χ3n) is 4.31. The first-order valence-electron chi connectivity index (χ1n) is 8.21. The summed E-state index contributed by atoms with van der Waals surface area (Å²) in [6.07, 6.45) is 2.84. The summed E-state index contributed by atoms with van der Waals surface area (Å²) in [6.45, 7) is -0.147. The average molecular weight is 450 g/mol. The number of rotatable bonds is 5. The number of nitrogens with zero attached hydrogens (tertiary/aromatic N) is 5. The van der Waals surface area contributed by atoms with Crippen molar-refractivity contribution in [1.29, 1.82) is 0 Å². The van der Waals surface area contributed by atoms with Crippen LogP contribution in [0.3, 0.4) is 0 Å². The molecule has 28 heavy (non-hydrogen) atoms. The number of imide groups is 1. The molecule has 2 heterocycles. The highest BCUT2D eigenvalue weighted by Crippen LogP contribution is 2.21. The summed E-state index contributed by atoms with van der Waals surface area (Å²) in [5.41, 5.74) is 3.09. The third-order valence-corrected chi connectivity index (χ3v) is 4.80. The number of hydrogen-bond acceptors (Lipinski definition) is 6. The van der Waals surface area contributed by atoms with Gasteiger partial charge in [-0.2, -0.15) is 5.10 Å². The van der Waals surface area contributed by atoms with Crippen molar-refractivity contribution in [3.8, 4) is 5.75 Å². The highest BCUT2D eigenvalue weighted by molar-refractivity contribution is 9.10. The second-order valence-electron chi connectivity index (χ2n) is 6.10. The zero-order chi connectivity index (χ0) is 20.4. The van der Waals surface area contributed by atoms with Gasteiger partial charge < -0.3 is 4.74 Å². The standard InChI is InChI=1S/C17H17BrN6O4/c1-22-15-14(16(26)23(2)17(22)27)24(9-19-15)8-13(25)21-20-7-10-6-11(18)4-5-12(10)28-3/h4-7,9,14H,8H2,1-3H3/p+1/b20-7+. The molecule has 0 spiro atoms. The number of carbonyl (C=O) groups is 3. The second-order valence-corrected chi connectivity index (χ2v) is 7.01. The molecule has 1 atom stereocenters. The van der Waals surface area contributed by atoms with Gasteiger partial charge in [0.05, 0.1) is 13.3 Å². The van der Waals surface area contributed by atoms with Crippen molar-refractivity contribution in [3.05, 3.63) is 28.2 Å². The Morgan fingerprint density at radius 2 is 2.14 bits per heavy atom. The van der Waals surface area contributed by atoms with E-state index in [1.165, 1.54) is 36.1 Å². The normalized spacial score (nSPS) is 18.9. The summed E-state index contributed by atoms with van der Waals surface area (Å²) in [5.74, 6) is 0.0256. The summed E-state index contributed by atoms with van der Waals surface area (Å²) in [6, 6.07) is 4.12. The maximum atomic E-state index is 12.4. The van der Waals surface area contributed by atoms with Crippen LogP contribution in [0.1, 0.15) is 5.56 Å². The smallest absolute Gasteiger partial charge is 0.333 e. The van der Waals surface area contributed by atoms with Crippen molar-refractivity contribution >= 4 is 52.2 Å². The van der Waals surface area contributed by atoms with Crippen LogP contribution in [0, 0.1) is 0 Å². The van der Waals surface area contributed by atoms with Crippen LogP contribution in [0.4, 0.5) is 4.79 Å². The Balaban J connectivity index is 1.64. The van der Waals surface area contributed by atoms with Crippen molar-refractivity contribution in [2.75, 3.05) is 27.7 Å². The number of carbonyl (C=O) groups excluding carboxylic acids is 3. The number of nitrogens with one attached hydrogen (secondary N) is 1. The van der Waals surface area contributed by atoms with E-state index in [1.54, 1.807) is 19.2 Å². The molecule has 4 amide bonds. The van der Waals surface area contributed by atoms with Crippen LogP contribution in [0.15, 0.2) is 32.8 Å². The van der Waals surface area contributed by atoms with Gasteiger partial charge in [0.2, 0.25) is 0 Å². The van der Waals surface area contributed by atoms with E-state index in [0.717, 1.165) is 9.37 Å². The Labute approximate surface area is 169 Å². The van der Waals surface area contributed by atoms with E-state index in [4.69, 9.17) is 4.74 Å². The summed E-state index contributed by atoms with van der Waals surface area (Å²) in [4.78, 5) is 43.0. The number of benzene rings is 1. The molecule has 3 rings (SSSR count). The molecule has 1 N–H and O–H groups in total. The molecule has 1 aromatic carbocycles. The van der Waals surface area contributed by atoms with Gasteiger partial charge in [-0.1, -0.05) is 15.9 Å². The lowest BCUT2D eigenvalue weighted by molar-refractivity contribution is -0.519. The summed E-state index contributed by atoms with van der Waals surface area (Å²) in [7, 11) is 4.47. The van der Waals surface area contributed by atoms with E-state index in [-0.39, 0.29) is 6.54 Å². The van der Waals surface area contributed by atoms with Gasteiger partial charge in [0, 0.05) is 24.1 Å². The Hall–Kier alpha value is -3.08. The fourth-order valence-corrected chi connectivity index (χ4v) is 3.23. The van der Waals surface area contributed by atoms with E-state index in [1.807, 2.05) is 6.07 Å². The number of halogens is 1. The number of fused-ring (bicyclic) bond motifs is 1. The number of hydrazone groups is 1. The maximum Gasteiger partial charge on any atom is 0.333 e. The number of aliphatic imine (C=N–C) groups is 1. The van der Waals surface area contributed by atoms with Crippen LogP contribution >= 0.6 is 15.9 Å². The van der Waals surface area contributed by atoms with Crippen molar-refractivity contribution < 1.29 is 23.7 Å². The van der Waals surface area contributed by atoms with Gasteiger partial charge in [0.1, 0.15) is 5.75 Å². The summed E-state index contributed by atoms with van der Waals surface area (Å²) < 4.78 is 7.54. The first-order valence-corrected chi connectivity index (χ1v) is 9.00. The summed E-state index contributed by atoms with van der Waals surface area (Å²) >= 11 is 3.36. The minimum absolute atomic E-state index is 0.147. The Morgan fingerprint density at radius 1 is 1.39 bits per heavy atom. The third kappa shape index (κ3) is 3.65. The monoisotopic (exact) mass is 449 g/mol. The maximum absolute atomic E-state index is 12.4. The van der Waals surface area contributed by atoms with E-state index in [0.29, 0.717) is 17.1 Å². The fraction of sp³-hybridized carbons (Fsp3) is 0.294. The number of amidine groups is 1. The molecule has 2 aliphatic rings. The number of likely N-dealkylation sites (N-methyl/N-ethyl adjacent to an activating group) is 2. The molecular weight excluding hydrogens is 432 g/mol. The molecule has 1 saturated heterocycles. The van der Waals surface area contributed by atoms with E-state index in [9.17, 15) is 14.4 Å². The first kappa shape index (κ1) is 19.7. The lowest BCUT2D eigenvalue weighted by Gasteiger charge is -2.30. The minimum Gasteiger partial charge on any atom is -0.496 e. The number of methoxy groups -OCH3 is 1. The molecular formula is C17H18BrN6O4+. The second kappa shape index (κ2) is 7.89. The number of amides is 4. The zero-order valence-electron chi connectivity index (χ0n) is 15.4. The van der Waals surface area contributed by atoms with Gasteiger partial charge in [-0.3, -0.25) is 19.4 Å². The Kier molecular flexibility index (Phi) is 5.54. The van der Waals surface area contributed by atoms with Gasteiger partial charge in [-0.15, -0.1) is 0 Å². The van der Waals surface area contributed by atoms with E-state index in [2.05, 4.69) is 31.4 Å². The highest BCUT2D eigenvalue weighted by atomic mass is 79.9. The number of hydrogen-bond donors (Lipinski definition) is 1. The van der Waals surface area contributed by atoms with Crippen LogP contribution in [0.2, 0.25) is 0 Å². The van der Waals surface area contributed by atoms with Crippen molar-refractivity contribution in [1.82, 2.24) is 15.2 Å². The van der Waals surface area contributed by atoms with Crippen LogP contribution < -0.4 is 10.2 Å². The topological polar surface area (TPSA) is 107 Å². The van der Waals surface area contributed by atoms with E-state index < -0.39 is 23.9 Å². The molecule has 2 aliphatic heterocycles. The van der Waals surface area contributed by atoms with Gasteiger partial charge in [-0.05, 0) is 23.2 Å². The molecule has 0 aliphatic carbocycles. The largest absolute Gasteiger partial charge is 0.496 e. The van der Waals surface area contributed by atoms with Gasteiger partial charge in [0.15, 0.2) is 6.54 Å². The van der Waals surface area contributed by atoms with Crippen LogP contribution in [-0.4, -0.2) is 84.4 Å². The molecule has 11 heteroatoms. The zero-order valence-corrected chi connectivity index (χ0v) is 17.0. The average Bonchev–Trinajstić information content (AvgIpc) is 3.08. The van der Waals surface area contributed by atoms with Gasteiger partial charge >= 0.3 is 6.03 Å². The molecule has 146 valence electrons. The van der Waals surface area contributed by atoms with Crippen LogP contribution in [-0.2, 0) is 9.59 Å². The van der Waals surface area contributed by atoms with Crippen molar-refractivity contribution in [2.24, 2.45) is 10.1 Å². The minimum atomic E-state index is -0.812. The molecule has 1 aromatic rings. The number of ether oxygens (including phenoxy) is 1. The molecule has 1 unspecified atom stereocenters. The van der Waals surface area contributed by atoms with Crippen LogP contribution in [0.25, 0.3) is 0 Å². The molecule has 0 radical (unpaired) electrons. The molecule has 0 saturated carbocycles. The first-order chi connectivity index (χ1) is 13.3. The summed E-state index contributed by atoms with van der Waals surface area (Å²) in [5, 5.41) is 3.94. The SMILES string of the molecule is COc1ccc(Br)cc1/C=N/NC(=O)C[N+]1=CN=C2C1C(=O)N(C)C(=O)N2C. The predicted molar refractivity (Wildman–Crippen MR) is 105 cm³/mol. The fourth-order valence-electron chi connectivity index (χ4n) is 2.86.